The average Bonchev–Trinajstić information content (AvgIpc) is 2.94. The highest BCUT2D eigenvalue weighted by molar-refractivity contribution is 5.37. The Morgan fingerprint density at radius 2 is 2.07 bits per heavy atom. The van der Waals surface area contributed by atoms with E-state index in [-0.39, 0.29) is 12.2 Å². The fourth-order valence-corrected chi connectivity index (χ4v) is 1.92. The van der Waals surface area contributed by atoms with Gasteiger partial charge in [-0.1, -0.05) is 6.07 Å². The molecular weight excluding hydrogens is 200 g/mol. The summed E-state index contributed by atoms with van der Waals surface area (Å²) >= 11 is 0. The summed E-state index contributed by atoms with van der Waals surface area (Å²) in [4.78, 5) is 4.54. The first kappa shape index (κ1) is 10.5. The molecule has 4 heteroatoms. The Morgan fingerprint density at radius 1 is 1.40 bits per heavy atom. The lowest BCUT2D eigenvalue weighted by Crippen LogP contribution is -2.21. The topological polar surface area (TPSA) is 35.2 Å². The molecule has 15 heavy (non-hydrogen) atoms. The highest BCUT2D eigenvalue weighted by Crippen LogP contribution is 2.50. The van der Waals surface area contributed by atoms with Gasteiger partial charge in [-0.05, 0) is 31.4 Å². The van der Waals surface area contributed by atoms with E-state index in [0.29, 0.717) is 5.56 Å². The SMILES string of the molecule is Cc1ccc(F)c(C2(CON)CC2)c1F. The maximum absolute atomic E-state index is 13.8. The first-order chi connectivity index (χ1) is 7.10. The smallest absolute Gasteiger partial charge is 0.132 e. The van der Waals surface area contributed by atoms with Crippen LogP contribution in [-0.4, -0.2) is 6.61 Å². The summed E-state index contributed by atoms with van der Waals surface area (Å²) < 4.78 is 27.3. The van der Waals surface area contributed by atoms with E-state index >= 15 is 0 Å². The molecule has 0 atom stereocenters. The number of nitrogens with two attached hydrogens (primary N) is 1. The summed E-state index contributed by atoms with van der Waals surface area (Å²) in [6, 6.07) is 2.73. The molecule has 0 aromatic heterocycles. The molecule has 1 fully saturated rings. The lowest BCUT2D eigenvalue weighted by Gasteiger charge is -2.16. The van der Waals surface area contributed by atoms with Gasteiger partial charge in [-0.25, -0.2) is 14.7 Å². The predicted octanol–water partition coefficient (Wildman–Crippen LogP) is 2.20. The van der Waals surface area contributed by atoms with Gasteiger partial charge < -0.3 is 4.84 Å². The molecule has 1 aliphatic rings. The van der Waals surface area contributed by atoms with E-state index in [1.807, 2.05) is 0 Å². The number of halogens is 2. The Morgan fingerprint density at radius 3 is 2.60 bits per heavy atom. The Hall–Kier alpha value is -1.00. The summed E-state index contributed by atoms with van der Waals surface area (Å²) in [6.07, 6.45) is 1.45. The maximum atomic E-state index is 13.8. The molecule has 1 aromatic carbocycles. The van der Waals surface area contributed by atoms with Gasteiger partial charge in [0, 0.05) is 11.0 Å². The van der Waals surface area contributed by atoms with Crippen molar-refractivity contribution in [2.24, 2.45) is 5.90 Å². The van der Waals surface area contributed by atoms with Crippen LogP contribution in [0.25, 0.3) is 0 Å². The van der Waals surface area contributed by atoms with Crippen molar-refractivity contribution in [3.8, 4) is 0 Å². The van der Waals surface area contributed by atoms with Crippen molar-refractivity contribution in [1.29, 1.82) is 0 Å². The van der Waals surface area contributed by atoms with Crippen molar-refractivity contribution < 1.29 is 13.6 Å². The van der Waals surface area contributed by atoms with Gasteiger partial charge in [-0.3, -0.25) is 0 Å². The van der Waals surface area contributed by atoms with Crippen LogP contribution in [-0.2, 0) is 10.3 Å². The van der Waals surface area contributed by atoms with Gasteiger partial charge >= 0.3 is 0 Å². The van der Waals surface area contributed by atoms with E-state index in [9.17, 15) is 8.78 Å². The largest absolute Gasteiger partial charge is 0.304 e. The van der Waals surface area contributed by atoms with Crippen LogP contribution in [0.2, 0.25) is 0 Å². The van der Waals surface area contributed by atoms with E-state index in [2.05, 4.69) is 4.84 Å². The van der Waals surface area contributed by atoms with Crippen molar-refractivity contribution in [3.05, 3.63) is 34.9 Å². The van der Waals surface area contributed by atoms with Gasteiger partial charge in [0.25, 0.3) is 0 Å². The number of rotatable bonds is 3. The lowest BCUT2D eigenvalue weighted by atomic mass is 9.94. The Balaban J connectivity index is 2.47. The van der Waals surface area contributed by atoms with Crippen LogP contribution >= 0.6 is 0 Å². The zero-order valence-corrected chi connectivity index (χ0v) is 8.52. The second-order valence-corrected chi connectivity index (χ2v) is 4.14. The minimum Gasteiger partial charge on any atom is -0.304 e. The molecule has 82 valence electrons. The Bertz CT molecular complexity index is 388. The van der Waals surface area contributed by atoms with Crippen LogP contribution in [0.15, 0.2) is 12.1 Å². The lowest BCUT2D eigenvalue weighted by molar-refractivity contribution is 0.114. The van der Waals surface area contributed by atoms with E-state index in [0.717, 1.165) is 12.8 Å². The maximum Gasteiger partial charge on any atom is 0.132 e. The monoisotopic (exact) mass is 213 g/mol. The van der Waals surface area contributed by atoms with E-state index in [4.69, 9.17) is 5.90 Å². The molecule has 2 nitrogen and oxygen atoms in total. The fraction of sp³-hybridized carbons (Fsp3) is 0.455. The molecule has 2 N–H and O–H groups in total. The minimum absolute atomic E-state index is 0.132. The molecule has 0 unspecified atom stereocenters. The summed E-state index contributed by atoms with van der Waals surface area (Å²) in [5, 5.41) is 0. The molecule has 0 spiro atoms. The fourth-order valence-electron chi connectivity index (χ4n) is 1.92. The molecule has 0 saturated heterocycles. The molecule has 1 saturated carbocycles. The molecule has 1 aromatic rings. The highest BCUT2D eigenvalue weighted by Gasteiger charge is 2.48. The second-order valence-electron chi connectivity index (χ2n) is 4.14. The molecule has 0 heterocycles. The molecule has 0 aliphatic heterocycles. The van der Waals surface area contributed by atoms with E-state index in [1.165, 1.54) is 12.1 Å². The third-order valence-corrected chi connectivity index (χ3v) is 3.03. The Labute approximate surface area is 87.0 Å². The van der Waals surface area contributed by atoms with Gasteiger partial charge in [-0.2, -0.15) is 0 Å². The van der Waals surface area contributed by atoms with Gasteiger partial charge in [0.2, 0.25) is 0 Å². The summed E-state index contributed by atoms with van der Waals surface area (Å²) in [6.45, 7) is 1.79. The number of hydrogen-bond donors (Lipinski definition) is 1. The Kier molecular flexibility index (Phi) is 2.48. The molecule has 0 radical (unpaired) electrons. The van der Waals surface area contributed by atoms with Crippen LogP contribution < -0.4 is 5.90 Å². The van der Waals surface area contributed by atoms with E-state index in [1.54, 1.807) is 6.92 Å². The third-order valence-electron chi connectivity index (χ3n) is 3.03. The first-order valence-electron chi connectivity index (χ1n) is 4.87. The van der Waals surface area contributed by atoms with Crippen LogP contribution in [0.1, 0.15) is 24.0 Å². The van der Waals surface area contributed by atoms with E-state index < -0.39 is 17.0 Å². The highest BCUT2D eigenvalue weighted by atomic mass is 19.1. The molecule has 0 amide bonds. The van der Waals surface area contributed by atoms with Crippen molar-refractivity contribution in [2.45, 2.75) is 25.2 Å². The third kappa shape index (κ3) is 1.64. The number of benzene rings is 1. The van der Waals surface area contributed by atoms with Crippen molar-refractivity contribution in [3.63, 3.8) is 0 Å². The van der Waals surface area contributed by atoms with Gasteiger partial charge in [0.1, 0.15) is 11.6 Å². The number of aryl methyl sites for hydroxylation is 1. The minimum atomic E-state index is -0.533. The zero-order valence-electron chi connectivity index (χ0n) is 8.52. The number of hydrogen-bond acceptors (Lipinski definition) is 2. The van der Waals surface area contributed by atoms with Gasteiger partial charge in [-0.15, -0.1) is 0 Å². The average molecular weight is 213 g/mol. The molecule has 1 aliphatic carbocycles. The zero-order chi connectivity index (χ0) is 11.1. The molecular formula is C11H13F2NO. The molecule has 2 rings (SSSR count). The quantitative estimate of drug-likeness (QED) is 0.781. The van der Waals surface area contributed by atoms with Crippen LogP contribution in [0, 0.1) is 18.6 Å². The summed E-state index contributed by atoms with van der Waals surface area (Å²) in [5.74, 6) is 4.01. The van der Waals surface area contributed by atoms with Crippen molar-refractivity contribution in [1.82, 2.24) is 0 Å². The van der Waals surface area contributed by atoms with Gasteiger partial charge in [0.05, 0.1) is 6.61 Å². The summed E-state index contributed by atoms with van der Waals surface area (Å²) in [7, 11) is 0. The van der Waals surface area contributed by atoms with Crippen LogP contribution in [0.5, 0.6) is 0 Å². The second kappa shape index (κ2) is 3.54. The first-order valence-corrected chi connectivity index (χ1v) is 4.87. The van der Waals surface area contributed by atoms with Gasteiger partial charge in [0.15, 0.2) is 0 Å². The molecule has 0 bridgehead atoms. The normalized spacial score (nSPS) is 17.9. The van der Waals surface area contributed by atoms with Crippen LogP contribution in [0.3, 0.4) is 0 Å². The predicted molar refractivity (Wildman–Crippen MR) is 52.1 cm³/mol. The van der Waals surface area contributed by atoms with Crippen LogP contribution in [0.4, 0.5) is 8.78 Å². The standard InChI is InChI=1S/C11H13F2NO/c1-7-2-3-8(12)9(10(7)13)11(4-5-11)6-15-14/h2-3H,4-6,14H2,1H3. The van der Waals surface area contributed by atoms with Crippen molar-refractivity contribution >= 4 is 0 Å². The van der Waals surface area contributed by atoms with Crippen molar-refractivity contribution in [2.75, 3.05) is 6.61 Å². The summed E-state index contributed by atoms with van der Waals surface area (Å²) in [5.41, 5.74) is 0.0530.